The smallest absolute Gasteiger partial charge is 0.229 e. The summed E-state index contributed by atoms with van der Waals surface area (Å²) in [5.74, 6) is 0.0384. The summed E-state index contributed by atoms with van der Waals surface area (Å²) in [6.45, 7) is 7.31. The summed E-state index contributed by atoms with van der Waals surface area (Å²) in [6.07, 6.45) is 2.92. The number of halogens is 2. The molecule has 0 aromatic heterocycles. The summed E-state index contributed by atoms with van der Waals surface area (Å²) in [5, 5.41) is 3.03. The lowest BCUT2D eigenvalue weighted by Crippen LogP contribution is -2.34. The zero-order valence-corrected chi connectivity index (χ0v) is 15.6. The summed E-state index contributed by atoms with van der Waals surface area (Å²) in [7, 11) is 0. The van der Waals surface area contributed by atoms with Crippen LogP contribution in [-0.4, -0.2) is 29.9 Å². The van der Waals surface area contributed by atoms with E-state index in [9.17, 15) is 4.79 Å². The molecule has 3 N–H and O–H groups in total. The number of nitrogens with two attached hydrogens (primary N) is 1. The molecule has 0 bridgehead atoms. The Morgan fingerprint density at radius 2 is 1.96 bits per heavy atom. The Morgan fingerprint density at radius 1 is 1.26 bits per heavy atom. The van der Waals surface area contributed by atoms with Gasteiger partial charge in [-0.25, -0.2) is 0 Å². The molecular formula is C17H29Cl2N3O. The first kappa shape index (κ1) is 22.2. The van der Waals surface area contributed by atoms with E-state index in [4.69, 9.17) is 5.73 Å². The molecule has 6 heteroatoms. The van der Waals surface area contributed by atoms with Gasteiger partial charge in [-0.2, -0.15) is 0 Å². The van der Waals surface area contributed by atoms with Crippen LogP contribution in [0.3, 0.4) is 0 Å². The van der Waals surface area contributed by atoms with Crippen LogP contribution in [0.5, 0.6) is 0 Å². The van der Waals surface area contributed by atoms with Gasteiger partial charge in [-0.15, -0.1) is 24.8 Å². The van der Waals surface area contributed by atoms with E-state index in [1.807, 2.05) is 12.1 Å². The predicted octanol–water partition coefficient (Wildman–Crippen LogP) is 3.44. The van der Waals surface area contributed by atoms with Crippen LogP contribution in [0.4, 0.5) is 5.69 Å². The second-order valence-electron chi connectivity index (χ2n) is 5.85. The number of hydrogen-bond acceptors (Lipinski definition) is 3. The fourth-order valence-electron chi connectivity index (χ4n) is 3.00. The van der Waals surface area contributed by atoms with E-state index in [2.05, 4.69) is 36.2 Å². The molecule has 2 unspecified atom stereocenters. The van der Waals surface area contributed by atoms with Crippen molar-refractivity contribution in [1.82, 2.24) is 4.90 Å². The molecule has 23 heavy (non-hydrogen) atoms. The zero-order valence-electron chi connectivity index (χ0n) is 14.0. The van der Waals surface area contributed by atoms with Crippen LogP contribution in [0.15, 0.2) is 24.3 Å². The number of amides is 1. The number of nitrogens with zero attached hydrogens (tertiary/aromatic N) is 1. The second kappa shape index (κ2) is 10.9. The van der Waals surface area contributed by atoms with Crippen molar-refractivity contribution in [2.75, 3.05) is 18.4 Å². The van der Waals surface area contributed by atoms with Crippen LogP contribution in [0, 0.1) is 5.92 Å². The molecule has 0 saturated heterocycles. The average molecular weight is 362 g/mol. The van der Waals surface area contributed by atoms with Gasteiger partial charge < -0.3 is 11.1 Å². The van der Waals surface area contributed by atoms with Gasteiger partial charge in [0, 0.05) is 18.3 Å². The van der Waals surface area contributed by atoms with E-state index in [0.717, 1.165) is 44.6 Å². The van der Waals surface area contributed by atoms with Crippen molar-refractivity contribution in [1.29, 1.82) is 0 Å². The molecule has 1 amide bonds. The highest BCUT2D eigenvalue weighted by Gasteiger charge is 2.30. The molecule has 0 aliphatic heterocycles. The number of hydrogen-bond donors (Lipinski definition) is 2. The minimum atomic E-state index is -0.0311. The van der Waals surface area contributed by atoms with Crippen molar-refractivity contribution in [2.45, 2.75) is 45.7 Å². The van der Waals surface area contributed by atoms with E-state index < -0.39 is 0 Å². The third-order valence-electron chi connectivity index (χ3n) is 4.40. The monoisotopic (exact) mass is 361 g/mol. The van der Waals surface area contributed by atoms with E-state index in [-0.39, 0.29) is 42.7 Å². The number of rotatable bonds is 6. The van der Waals surface area contributed by atoms with Gasteiger partial charge in [0.2, 0.25) is 5.91 Å². The van der Waals surface area contributed by atoms with Crippen molar-refractivity contribution < 1.29 is 4.79 Å². The highest BCUT2D eigenvalue weighted by molar-refractivity contribution is 5.93. The number of anilines is 1. The second-order valence-corrected chi connectivity index (χ2v) is 5.85. The quantitative estimate of drug-likeness (QED) is 0.815. The third kappa shape index (κ3) is 6.30. The van der Waals surface area contributed by atoms with Gasteiger partial charge in [-0.05, 0) is 43.6 Å². The van der Waals surface area contributed by atoms with Crippen LogP contribution >= 0.6 is 24.8 Å². The third-order valence-corrected chi connectivity index (χ3v) is 4.40. The lowest BCUT2D eigenvalue weighted by atomic mass is 10.0. The van der Waals surface area contributed by atoms with E-state index in [1.54, 1.807) is 0 Å². The van der Waals surface area contributed by atoms with Crippen LogP contribution in [0.25, 0.3) is 0 Å². The first-order valence-electron chi connectivity index (χ1n) is 8.01. The number of benzene rings is 1. The highest BCUT2D eigenvalue weighted by atomic mass is 35.5. The Kier molecular flexibility index (Phi) is 10.5. The molecule has 1 aromatic rings. The van der Waals surface area contributed by atoms with Crippen molar-refractivity contribution in [3.05, 3.63) is 29.8 Å². The van der Waals surface area contributed by atoms with Crippen molar-refractivity contribution in [2.24, 2.45) is 11.7 Å². The van der Waals surface area contributed by atoms with Crippen LogP contribution in [0.2, 0.25) is 0 Å². The normalized spacial score (nSPS) is 19.8. The fraction of sp³-hybridized carbons (Fsp3) is 0.588. The van der Waals surface area contributed by atoms with Gasteiger partial charge >= 0.3 is 0 Å². The molecule has 1 aliphatic rings. The molecule has 1 aromatic carbocycles. The van der Waals surface area contributed by atoms with E-state index in [0.29, 0.717) is 0 Å². The Morgan fingerprint density at radius 3 is 2.52 bits per heavy atom. The maximum absolute atomic E-state index is 12.3. The minimum absolute atomic E-state index is 0. The highest BCUT2D eigenvalue weighted by Crippen LogP contribution is 2.25. The minimum Gasteiger partial charge on any atom is -0.327 e. The molecular weight excluding hydrogens is 333 g/mol. The molecule has 1 aliphatic carbocycles. The number of carbonyl (C=O) groups excluding carboxylic acids is 1. The van der Waals surface area contributed by atoms with Gasteiger partial charge in [-0.1, -0.05) is 32.4 Å². The molecule has 1 fully saturated rings. The van der Waals surface area contributed by atoms with Crippen molar-refractivity contribution in [3.63, 3.8) is 0 Å². The van der Waals surface area contributed by atoms with Gasteiger partial charge in [0.25, 0.3) is 0 Å². The summed E-state index contributed by atoms with van der Waals surface area (Å²) >= 11 is 0. The first-order chi connectivity index (χ1) is 10.1. The summed E-state index contributed by atoms with van der Waals surface area (Å²) in [5.41, 5.74) is 8.11. The standard InChI is InChI=1S/C17H27N3O.2ClH/c1-3-20(4-2)12-13-7-5-8-14(11-13)19-17(21)15-9-6-10-16(15)18;;/h5,7-8,11,15-16H,3-4,6,9-10,12,18H2,1-2H3,(H,19,21);2*1H. The lowest BCUT2D eigenvalue weighted by Gasteiger charge is -2.19. The Balaban J connectivity index is 0.00000242. The fourth-order valence-corrected chi connectivity index (χ4v) is 3.00. The number of carbonyl (C=O) groups is 1. The van der Waals surface area contributed by atoms with Gasteiger partial charge in [0.05, 0.1) is 5.92 Å². The molecule has 4 nitrogen and oxygen atoms in total. The maximum Gasteiger partial charge on any atom is 0.229 e. The molecule has 2 rings (SSSR count). The summed E-state index contributed by atoms with van der Waals surface area (Å²) < 4.78 is 0. The molecule has 1 saturated carbocycles. The van der Waals surface area contributed by atoms with Crippen molar-refractivity contribution >= 4 is 36.4 Å². The number of nitrogens with one attached hydrogen (secondary N) is 1. The van der Waals surface area contributed by atoms with E-state index >= 15 is 0 Å². The molecule has 0 spiro atoms. The SMILES string of the molecule is CCN(CC)Cc1cccc(NC(=O)C2CCCC2N)c1.Cl.Cl. The van der Waals surface area contributed by atoms with Crippen LogP contribution < -0.4 is 11.1 Å². The summed E-state index contributed by atoms with van der Waals surface area (Å²) in [6, 6.07) is 8.14. The molecule has 2 atom stereocenters. The zero-order chi connectivity index (χ0) is 15.2. The molecule has 0 heterocycles. The average Bonchev–Trinajstić information content (AvgIpc) is 2.91. The van der Waals surface area contributed by atoms with Gasteiger partial charge in [0.1, 0.15) is 0 Å². The van der Waals surface area contributed by atoms with Crippen LogP contribution in [-0.2, 0) is 11.3 Å². The van der Waals surface area contributed by atoms with Crippen LogP contribution in [0.1, 0.15) is 38.7 Å². The molecule has 132 valence electrons. The largest absolute Gasteiger partial charge is 0.327 e. The maximum atomic E-state index is 12.3. The Hall–Kier alpha value is -0.810. The lowest BCUT2D eigenvalue weighted by molar-refractivity contribution is -0.120. The van der Waals surface area contributed by atoms with Gasteiger partial charge in [0.15, 0.2) is 0 Å². The predicted molar refractivity (Wildman–Crippen MR) is 102 cm³/mol. The Labute approximate surface area is 152 Å². The molecule has 0 radical (unpaired) electrons. The van der Waals surface area contributed by atoms with Gasteiger partial charge in [-0.3, -0.25) is 9.69 Å². The van der Waals surface area contributed by atoms with Crippen molar-refractivity contribution in [3.8, 4) is 0 Å². The summed E-state index contributed by atoms with van der Waals surface area (Å²) in [4.78, 5) is 14.6. The topological polar surface area (TPSA) is 58.4 Å². The Bertz CT molecular complexity index is 481. The first-order valence-corrected chi connectivity index (χ1v) is 8.01. The van der Waals surface area contributed by atoms with E-state index in [1.165, 1.54) is 5.56 Å².